The molecule has 1 amide bonds. The zero-order valence-corrected chi connectivity index (χ0v) is 21.2. The lowest BCUT2D eigenvalue weighted by atomic mass is 10.0. The molecule has 2 fully saturated rings. The summed E-state index contributed by atoms with van der Waals surface area (Å²) in [5, 5.41) is 18.4. The van der Waals surface area contributed by atoms with E-state index in [2.05, 4.69) is 38.9 Å². The molecule has 3 aromatic rings. The van der Waals surface area contributed by atoms with Crippen molar-refractivity contribution < 1.29 is 9.53 Å². The van der Waals surface area contributed by atoms with Crippen LogP contribution in [0.4, 0.5) is 0 Å². The number of piperazine rings is 1. The first-order chi connectivity index (χ1) is 18.0. The fourth-order valence-electron chi connectivity index (χ4n) is 4.91. The Morgan fingerprint density at radius 3 is 2.59 bits per heavy atom. The number of carbonyl (C=O) groups is 1. The zero-order chi connectivity index (χ0) is 25.9. The Bertz CT molecular complexity index is 1430. The number of nitrogens with zero attached hydrogens (tertiary/aromatic N) is 8. The number of aliphatic imine (C=N–C) groups is 1. The average Bonchev–Trinajstić information content (AvgIpc) is 3.69. The summed E-state index contributed by atoms with van der Waals surface area (Å²) < 4.78 is 9.06. The van der Waals surface area contributed by atoms with Gasteiger partial charge in [0.05, 0.1) is 23.5 Å². The molecule has 2 aliphatic rings. The summed E-state index contributed by atoms with van der Waals surface area (Å²) in [4.78, 5) is 21.0. The smallest absolute Gasteiger partial charge is 0.251 e. The van der Waals surface area contributed by atoms with E-state index in [-0.39, 0.29) is 12.0 Å². The molecule has 10 heteroatoms. The minimum atomic E-state index is -0.286. The second-order valence-electron chi connectivity index (χ2n) is 9.36. The van der Waals surface area contributed by atoms with Crippen molar-refractivity contribution in [3.05, 3.63) is 60.0 Å². The van der Waals surface area contributed by atoms with Crippen molar-refractivity contribution in [1.82, 2.24) is 29.2 Å². The van der Waals surface area contributed by atoms with Gasteiger partial charge in [-0.15, -0.1) is 0 Å². The summed E-state index contributed by atoms with van der Waals surface area (Å²) in [5.41, 5.74) is 5.05. The predicted molar refractivity (Wildman–Crippen MR) is 141 cm³/mol. The number of hydrogen-bond donors (Lipinski definition) is 0. The van der Waals surface area contributed by atoms with Gasteiger partial charge in [0, 0.05) is 68.9 Å². The Labute approximate surface area is 215 Å². The molecule has 10 nitrogen and oxygen atoms in total. The highest BCUT2D eigenvalue weighted by Crippen LogP contribution is 2.29. The fourth-order valence-corrected chi connectivity index (χ4v) is 4.91. The number of amides is 1. The molecule has 2 aliphatic heterocycles. The molecule has 2 saturated heterocycles. The van der Waals surface area contributed by atoms with Gasteiger partial charge in [0.15, 0.2) is 0 Å². The van der Waals surface area contributed by atoms with Gasteiger partial charge in [-0.1, -0.05) is 6.08 Å². The van der Waals surface area contributed by atoms with Gasteiger partial charge in [0.1, 0.15) is 18.0 Å². The molecule has 190 valence electrons. The molecular formula is C27H30N8O2. The summed E-state index contributed by atoms with van der Waals surface area (Å²) in [7, 11) is 1.88. The molecule has 0 saturated carbocycles. The van der Waals surface area contributed by atoms with Crippen LogP contribution in [0.3, 0.4) is 0 Å². The topological polar surface area (TPSA) is 104 Å². The molecule has 0 spiro atoms. The number of rotatable bonds is 6. The summed E-state index contributed by atoms with van der Waals surface area (Å²) in [6.07, 6.45) is 12.6. The summed E-state index contributed by atoms with van der Waals surface area (Å²) >= 11 is 0. The fraction of sp³-hybridized carbons (Fsp3) is 0.370. The monoisotopic (exact) mass is 498 g/mol. The number of carbonyl (C=O) groups excluding carboxylic acids is 1. The van der Waals surface area contributed by atoms with Crippen LogP contribution in [-0.4, -0.2) is 80.7 Å². The molecule has 37 heavy (non-hydrogen) atoms. The van der Waals surface area contributed by atoms with Gasteiger partial charge in [-0.25, -0.2) is 9.51 Å². The van der Waals surface area contributed by atoms with Crippen molar-refractivity contribution in [2.75, 3.05) is 32.8 Å². The third-order valence-corrected chi connectivity index (χ3v) is 6.96. The normalized spacial score (nSPS) is 18.9. The Hall–Kier alpha value is -4.23. The first-order valence-electron chi connectivity index (χ1n) is 12.4. The Balaban J connectivity index is 1.39. The number of nitriles is 1. The highest BCUT2D eigenvalue weighted by atomic mass is 16.5. The van der Waals surface area contributed by atoms with E-state index >= 15 is 0 Å². The van der Waals surface area contributed by atoms with Crippen LogP contribution in [0.5, 0.6) is 0 Å². The van der Waals surface area contributed by atoms with Gasteiger partial charge in [-0.05, 0) is 44.2 Å². The van der Waals surface area contributed by atoms with E-state index in [4.69, 9.17) is 4.74 Å². The van der Waals surface area contributed by atoms with Crippen molar-refractivity contribution in [2.24, 2.45) is 12.0 Å². The van der Waals surface area contributed by atoms with Crippen molar-refractivity contribution >= 4 is 23.7 Å². The number of pyridine rings is 1. The highest BCUT2D eigenvalue weighted by molar-refractivity contribution is 5.85. The first-order valence-corrected chi connectivity index (χ1v) is 12.4. The Morgan fingerprint density at radius 1 is 1.16 bits per heavy atom. The standard InChI is InChI=1S/C27H30N8O2/c1-19(6-7-25(29-2)33-8-10-34(11-9-33)27(36)24-5-4-12-37-24)23-13-20(22-16-30-32(3)17-22)18-35-26(23)21(14-28)15-31-35/h6-7,13,15-18,24H,2,4-5,8-12H2,1,3H3/b19-6+,25-7+/t24-/m1/s1. The van der Waals surface area contributed by atoms with Gasteiger partial charge in [-0.3, -0.25) is 9.48 Å². The van der Waals surface area contributed by atoms with Crippen LogP contribution in [-0.2, 0) is 16.6 Å². The van der Waals surface area contributed by atoms with E-state index in [1.54, 1.807) is 15.4 Å². The van der Waals surface area contributed by atoms with E-state index < -0.39 is 0 Å². The largest absolute Gasteiger partial charge is 0.368 e. The second-order valence-corrected chi connectivity index (χ2v) is 9.36. The molecule has 5 rings (SSSR count). The number of aromatic nitrogens is 4. The van der Waals surface area contributed by atoms with Crippen molar-refractivity contribution in [2.45, 2.75) is 25.9 Å². The minimum Gasteiger partial charge on any atom is -0.368 e. The molecule has 5 heterocycles. The van der Waals surface area contributed by atoms with Crippen LogP contribution >= 0.6 is 0 Å². The maximum absolute atomic E-state index is 12.7. The SMILES string of the molecule is C=N/C(=C\C=C(/C)c1cc(-c2cnn(C)c2)cn2ncc(C#N)c12)N1CCN(C(=O)[C@H]2CCCO2)CC1. The molecule has 1 atom stereocenters. The highest BCUT2D eigenvalue weighted by Gasteiger charge is 2.30. The molecule has 0 aromatic carbocycles. The lowest BCUT2D eigenvalue weighted by Gasteiger charge is -2.36. The van der Waals surface area contributed by atoms with Gasteiger partial charge in [-0.2, -0.15) is 15.5 Å². The molecular weight excluding hydrogens is 468 g/mol. The number of hydrogen-bond acceptors (Lipinski definition) is 7. The maximum Gasteiger partial charge on any atom is 0.251 e. The van der Waals surface area contributed by atoms with Crippen LogP contribution in [0.2, 0.25) is 0 Å². The summed E-state index contributed by atoms with van der Waals surface area (Å²) in [5.74, 6) is 0.841. The number of fused-ring (bicyclic) bond motifs is 1. The number of ether oxygens (including phenoxy) is 1. The van der Waals surface area contributed by atoms with E-state index in [1.165, 1.54) is 0 Å². The molecule has 3 aromatic heterocycles. The third-order valence-electron chi connectivity index (χ3n) is 6.96. The van der Waals surface area contributed by atoms with E-state index in [1.807, 2.05) is 49.6 Å². The zero-order valence-electron chi connectivity index (χ0n) is 21.2. The third kappa shape index (κ3) is 4.90. The molecule has 0 aliphatic carbocycles. The van der Waals surface area contributed by atoms with Crippen LogP contribution < -0.4 is 0 Å². The van der Waals surface area contributed by atoms with Gasteiger partial charge < -0.3 is 14.5 Å². The van der Waals surface area contributed by atoms with Crippen molar-refractivity contribution in [1.29, 1.82) is 5.26 Å². The van der Waals surface area contributed by atoms with E-state index in [9.17, 15) is 10.1 Å². The van der Waals surface area contributed by atoms with Crippen LogP contribution in [0.15, 0.2) is 53.8 Å². The predicted octanol–water partition coefficient (Wildman–Crippen LogP) is 2.87. The average molecular weight is 499 g/mol. The maximum atomic E-state index is 12.7. The van der Waals surface area contributed by atoms with Crippen LogP contribution in [0, 0.1) is 11.3 Å². The van der Waals surface area contributed by atoms with Crippen LogP contribution in [0.1, 0.15) is 30.9 Å². The Kier molecular flexibility index (Phi) is 6.88. The Morgan fingerprint density at radius 2 is 1.95 bits per heavy atom. The molecule has 0 radical (unpaired) electrons. The first kappa shape index (κ1) is 24.5. The van der Waals surface area contributed by atoms with Gasteiger partial charge >= 0.3 is 0 Å². The summed E-state index contributed by atoms with van der Waals surface area (Å²) in [6.45, 7) is 9.06. The summed E-state index contributed by atoms with van der Waals surface area (Å²) in [6, 6.07) is 4.31. The van der Waals surface area contributed by atoms with Gasteiger partial charge in [0.25, 0.3) is 5.91 Å². The van der Waals surface area contributed by atoms with Crippen LogP contribution in [0.25, 0.3) is 22.2 Å². The van der Waals surface area contributed by atoms with Gasteiger partial charge in [0.2, 0.25) is 0 Å². The lowest BCUT2D eigenvalue weighted by Crippen LogP contribution is -2.50. The number of allylic oxidation sites excluding steroid dienone is 3. The lowest BCUT2D eigenvalue weighted by molar-refractivity contribution is -0.142. The molecule has 0 N–H and O–H groups in total. The quantitative estimate of drug-likeness (QED) is 0.382. The van der Waals surface area contributed by atoms with E-state index in [0.717, 1.165) is 46.4 Å². The van der Waals surface area contributed by atoms with Crippen molar-refractivity contribution in [3.8, 4) is 17.2 Å². The van der Waals surface area contributed by atoms with E-state index in [0.29, 0.717) is 38.3 Å². The second kappa shape index (κ2) is 10.4. The minimum absolute atomic E-state index is 0.0941. The molecule has 0 bridgehead atoms. The molecule has 0 unspecified atom stereocenters. The number of aryl methyl sites for hydroxylation is 1. The van der Waals surface area contributed by atoms with Crippen molar-refractivity contribution in [3.63, 3.8) is 0 Å².